The normalized spacial score (nSPS) is 17.4. The van der Waals surface area contributed by atoms with Gasteiger partial charge >= 0.3 is 0 Å². The minimum atomic E-state index is -0.503. The Hall–Kier alpha value is -1.34. The number of hydrogen-bond acceptors (Lipinski definition) is 6. The molecule has 2 N–H and O–H groups in total. The summed E-state index contributed by atoms with van der Waals surface area (Å²) < 4.78 is 16.8. The molecule has 1 saturated heterocycles. The van der Waals surface area contributed by atoms with E-state index < -0.39 is 6.10 Å². The molecule has 0 aromatic heterocycles. The molecular weight excluding hydrogens is 368 g/mol. The Kier molecular flexibility index (Phi) is 10.2. The van der Waals surface area contributed by atoms with Crippen molar-refractivity contribution in [2.45, 2.75) is 64.2 Å². The van der Waals surface area contributed by atoms with Gasteiger partial charge in [0.2, 0.25) is 0 Å². The van der Waals surface area contributed by atoms with Crippen molar-refractivity contribution in [3.05, 3.63) is 23.8 Å². The van der Waals surface area contributed by atoms with Gasteiger partial charge in [-0.15, -0.1) is 0 Å². The predicted molar refractivity (Wildman–Crippen MR) is 117 cm³/mol. The topological polar surface area (TPSA) is 63.2 Å². The number of aliphatic hydroxyl groups excluding tert-OH is 1. The zero-order chi connectivity index (χ0) is 21.1. The molecule has 0 aliphatic carbocycles. The molecular formula is C23H40N2O4. The molecule has 1 unspecified atom stereocenters. The van der Waals surface area contributed by atoms with Crippen molar-refractivity contribution >= 4 is 0 Å². The van der Waals surface area contributed by atoms with E-state index in [9.17, 15) is 5.11 Å². The third-order valence-corrected chi connectivity index (χ3v) is 5.51. The molecule has 6 nitrogen and oxygen atoms in total. The van der Waals surface area contributed by atoms with E-state index >= 15 is 0 Å². The smallest absolute Gasteiger partial charge is 0.161 e. The van der Waals surface area contributed by atoms with E-state index in [-0.39, 0.29) is 12.2 Å². The molecule has 0 radical (unpaired) electrons. The molecule has 0 bridgehead atoms. The molecule has 1 fully saturated rings. The van der Waals surface area contributed by atoms with Crippen molar-refractivity contribution in [1.29, 1.82) is 0 Å². The highest BCUT2D eigenvalue weighted by Crippen LogP contribution is 2.28. The monoisotopic (exact) mass is 408 g/mol. The van der Waals surface area contributed by atoms with Crippen molar-refractivity contribution in [3.8, 4) is 11.5 Å². The summed E-state index contributed by atoms with van der Waals surface area (Å²) in [5.41, 5.74) is 0.915. The number of nitrogens with one attached hydrogen (secondary N) is 1. The molecule has 1 aromatic rings. The molecule has 2 rings (SSSR count). The first-order chi connectivity index (χ1) is 13.9. The Morgan fingerprint density at radius 3 is 2.41 bits per heavy atom. The summed E-state index contributed by atoms with van der Waals surface area (Å²) >= 11 is 0. The SMILES string of the molecule is COc1cc(CNCC(C)(C)OC)ccc1OCC(O)CN1CCCCCCC1. The Morgan fingerprint density at radius 1 is 1.07 bits per heavy atom. The van der Waals surface area contributed by atoms with Crippen molar-refractivity contribution in [1.82, 2.24) is 10.2 Å². The fraction of sp³-hybridized carbons (Fsp3) is 0.739. The van der Waals surface area contributed by atoms with Gasteiger partial charge in [-0.25, -0.2) is 0 Å². The van der Waals surface area contributed by atoms with E-state index in [2.05, 4.69) is 24.1 Å². The number of hydrogen-bond donors (Lipinski definition) is 2. The van der Waals surface area contributed by atoms with Gasteiger partial charge in [-0.05, 0) is 57.5 Å². The zero-order valence-electron chi connectivity index (χ0n) is 18.7. The van der Waals surface area contributed by atoms with Gasteiger partial charge in [-0.3, -0.25) is 0 Å². The fourth-order valence-electron chi connectivity index (χ4n) is 3.55. The minimum absolute atomic E-state index is 0.199. The highest BCUT2D eigenvalue weighted by atomic mass is 16.5. The van der Waals surface area contributed by atoms with Crippen LogP contribution in [0.2, 0.25) is 0 Å². The lowest BCUT2D eigenvalue weighted by Gasteiger charge is -2.26. The van der Waals surface area contributed by atoms with Gasteiger partial charge in [-0.1, -0.05) is 25.3 Å². The van der Waals surface area contributed by atoms with Crippen molar-refractivity contribution in [2.75, 3.05) is 47.0 Å². The molecule has 0 spiro atoms. The number of β-amino-alcohol motifs (C(OH)–C–C–N with tert-alkyl or cyclic N) is 1. The molecule has 1 heterocycles. The molecule has 0 saturated carbocycles. The first-order valence-corrected chi connectivity index (χ1v) is 10.9. The lowest BCUT2D eigenvalue weighted by Crippen LogP contribution is -2.37. The standard InChI is InChI=1S/C23H40N2O4/c1-23(2,28-4)18-24-15-19-10-11-21(22(14-19)27-3)29-17-20(26)16-25-12-8-6-5-7-9-13-25/h10-11,14,20,24,26H,5-9,12-13,15-18H2,1-4H3. The molecule has 29 heavy (non-hydrogen) atoms. The third kappa shape index (κ3) is 8.91. The van der Waals surface area contributed by atoms with Gasteiger partial charge in [0.15, 0.2) is 11.5 Å². The third-order valence-electron chi connectivity index (χ3n) is 5.51. The Bertz CT molecular complexity index is 586. The molecule has 1 aliphatic heterocycles. The number of likely N-dealkylation sites (tertiary alicyclic amines) is 1. The number of ether oxygens (including phenoxy) is 3. The van der Waals surface area contributed by atoms with Gasteiger partial charge in [0.25, 0.3) is 0 Å². The Morgan fingerprint density at radius 2 is 1.76 bits per heavy atom. The quantitative estimate of drug-likeness (QED) is 0.586. The van der Waals surface area contributed by atoms with Crippen molar-refractivity contribution in [2.24, 2.45) is 0 Å². The summed E-state index contributed by atoms with van der Waals surface area (Å²) in [5.74, 6) is 1.36. The van der Waals surface area contributed by atoms with Crippen LogP contribution >= 0.6 is 0 Å². The molecule has 166 valence electrons. The van der Waals surface area contributed by atoms with Crippen LogP contribution in [0, 0.1) is 0 Å². The number of benzene rings is 1. The van der Waals surface area contributed by atoms with Crippen LogP contribution in [0.5, 0.6) is 11.5 Å². The van der Waals surface area contributed by atoms with Gasteiger partial charge < -0.3 is 29.5 Å². The van der Waals surface area contributed by atoms with Crippen molar-refractivity contribution in [3.63, 3.8) is 0 Å². The van der Waals surface area contributed by atoms with Gasteiger partial charge in [-0.2, -0.15) is 0 Å². The second kappa shape index (κ2) is 12.4. The van der Waals surface area contributed by atoms with Crippen LogP contribution in [-0.2, 0) is 11.3 Å². The maximum Gasteiger partial charge on any atom is 0.161 e. The number of aliphatic hydroxyl groups is 1. The van der Waals surface area contributed by atoms with Crippen LogP contribution in [0.15, 0.2) is 18.2 Å². The molecule has 1 aromatic carbocycles. The second-order valence-electron chi connectivity index (χ2n) is 8.59. The lowest BCUT2D eigenvalue weighted by molar-refractivity contribution is 0.0230. The van der Waals surface area contributed by atoms with Crippen molar-refractivity contribution < 1.29 is 19.3 Å². The summed E-state index contributed by atoms with van der Waals surface area (Å²) in [6, 6.07) is 5.92. The highest BCUT2D eigenvalue weighted by molar-refractivity contribution is 5.43. The summed E-state index contributed by atoms with van der Waals surface area (Å²) in [6.07, 6.45) is 5.87. The van der Waals surface area contributed by atoms with Gasteiger partial charge in [0.1, 0.15) is 12.7 Å². The number of rotatable bonds is 11. The largest absolute Gasteiger partial charge is 0.493 e. The van der Waals surface area contributed by atoms with Gasteiger partial charge in [0.05, 0.1) is 12.7 Å². The highest BCUT2D eigenvalue weighted by Gasteiger charge is 2.17. The van der Waals surface area contributed by atoms with Crippen LogP contribution < -0.4 is 14.8 Å². The van der Waals surface area contributed by atoms with E-state index in [1.165, 1.54) is 32.1 Å². The van der Waals surface area contributed by atoms with E-state index in [0.29, 0.717) is 18.0 Å². The number of methoxy groups -OCH3 is 2. The summed E-state index contributed by atoms with van der Waals surface area (Å²) in [5, 5.41) is 13.8. The zero-order valence-corrected chi connectivity index (χ0v) is 18.7. The predicted octanol–water partition coefficient (Wildman–Crippen LogP) is 3.22. The van der Waals surface area contributed by atoms with Crippen LogP contribution in [0.1, 0.15) is 51.5 Å². The summed E-state index contributed by atoms with van der Waals surface area (Å²) in [4.78, 5) is 2.36. The summed E-state index contributed by atoms with van der Waals surface area (Å²) in [6.45, 7) is 8.66. The molecule has 1 atom stereocenters. The van der Waals surface area contributed by atoms with E-state index in [0.717, 1.165) is 31.7 Å². The molecule has 6 heteroatoms. The fourth-order valence-corrected chi connectivity index (χ4v) is 3.55. The first kappa shape index (κ1) is 23.9. The van der Waals surface area contributed by atoms with Gasteiger partial charge in [0, 0.05) is 26.7 Å². The maximum atomic E-state index is 10.4. The number of nitrogens with zero attached hydrogens (tertiary/aromatic N) is 1. The van der Waals surface area contributed by atoms with E-state index in [1.54, 1.807) is 14.2 Å². The lowest BCUT2D eigenvalue weighted by atomic mass is 10.1. The minimum Gasteiger partial charge on any atom is -0.493 e. The van der Waals surface area contributed by atoms with E-state index in [4.69, 9.17) is 14.2 Å². The van der Waals surface area contributed by atoms with Crippen LogP contribution in [0.25, 0.3) is 0 Å². The second-order valence-corrected chi connectivity index (χ2v) is 8.59. The summed E-state index contributed by atoms with van der Waals surface area (Å²) in [7, 11) is 3.36. The average Bonchev–Trinajstić information content (AvgIpc) is 2.68. The molecule has 1 aliphatic rings. The Balaban J connectivity index is 1.81. The van der Waals surface area contributed by atoms with Crippen LogP contribution in [0.4, 0.5) is 0 Å². The van der Waals surface area contributed by atoms with E-state index in [1.807, 2.05) is 18.2 Å². The van der Waals surface area contributed by atoms with Crippen LogP contribution in [-0.4, -0.2) is 68.7 Å². The maximum absolute atomic E-state index is 10.4. The first-order valence-electron chi connectivity index (χ1n) is 10.9. The van der Waals surface area contributed by atoms with Crippen LogP contribution in [0.3, 0.4) is 0 Å². The Labute approximate surface area is 176 Å². The molecule has 0 amide bonds. The average molecular weight is 409 g/mol.